The normalized spacial score (nSPS) is 19.2. The Labute approximate surface area is 298 Å². The van der Waals surface area contributed by atoms with Crippen molar-refractivity contribution >= 4 is 35.6 Å². The van der Waals surface area contributed by atoms with E-state index in [0.29, 0.717) is 12.8 Å². The summed E-state index contributed by atoms with van der Waals surface area (Å²) < 4.78 is 4.84. The molecule has 1 unspecified atom stereocenters. The molecule has 4 rings (SSSR count). The Morgan fingerprint density at radius 3 is 2.02 bits per heavy atom. The number of methoxy groups -OCH3 is 1. The minimum absolute atomic E-state index is 0.0751. The van der Waals surface area contributed by atoms with Crippen LogP contribution in [0.2, 0.25) is 0 Å². The van der Waals surface area contributed by atoms with Gasteiger partial charge in [0.05, 0.1) is 13.2 Å². The van der Waals surface area contributed by atoms with Gasteiger partial charge in [-0.3, -0.25) is 24.2 Å². The number of ether oxygens (including phenoxy) is 1. The number of aliphatic imine (C=N–C) groups is 1. The van der Waals surface area contributed by atoms with Crippen molar-refractivity contribution in [1.29, 1.82) is 0 Å². The Morgan fingerprint density at radius 1 is 0.863 bits per heavy atom. The molecule has 276 valence electrons. The Kier molecular flexibility index (Phi) is 13.9. The van der Waals surface area contributed by atoms with Crippen LogP contribution >= 0.6 is 0 Å². The SMILES string of the molecule is COC(=O)C1(N)CCN(C(=O)[C@@H](CCCN=C(N)N)NC(=O)[C@@H](CC2CC2)NC(=O)[C@@H](Cc2ccccc2)NC(=O)[C@H](N)Cc2ccccc2)C1. The summed E-state index contributed by atoms with van der Waals surface area (Å²) in [7, 11) is 1.23. The van der Waals surface area contributed by atoms with Crippen molar-refractivity contribution in [1.82, 2.24) is 20.9 Å². The number of rotatable bonds is 18. The van der Waals surface area contributed by atoms with E-state index >= 15 is 0 Å². The highest BCUT2D eigenvalue weighted by molar-refractivity contribution is 5.95. The number of benzene rings is 2. The van der Waals surface area contributed by atoms with Crippen molar-refractivity contribution in [2.75, 3.05) is 26.7 Å². The highest BCUT2D eigenvalue weighted by Crippen LogP contribution is 2.33. The number of carbonyl (C=O) groups excluding carboxylic acids is 5. The molecule has 1 heterocycles. The lowest BCUT2D eigenvalue weighted by atomic mass is 10.0. The fourth-order valence-electron chi connectivity index (χ4n) is 6.13. The van der Waals surface area contributed by atoms with Gasteiger partial charge in [0.25, 0.3) is 0 Å². The minimum atomic E-state index is -1.36. The zero-order valence-corrected chi connectivity index (χ0v) is 29.1. The lowest BCUT2D eigenvalue weighted by molar-refractivity contribution is -0.147. The molecule has 5 atom stereocenters. The van der Waals surface area contributed by atoms with Crippen LogP contribution in [-0.2, 0) is 41.6 Å². The first-order chi connectivity index (χ1) is 24.4. The van der Waals surface area contributed by atoms with Crippen molar-refractivity contribution < 1.29 is 28.7 Å². The Bertz CT molecular complexity index is 1530. The highest BCUT2D eigenvalue weighted by Gasteiger charge is 2.45. The first-order valence-corrected chi connectivity index (χ1v) is 17.3. The number of esters is 1. The Morgan fingerprint density at radius 2 is 1.43 bits per heavy atom. The number of nitrogens with one attached hydrogen (secondary N) is 3. The molecule has 2 fully saturated rings. The van der Waals surface area contributed by atoms with E-state index in [4.69, 9.17) is 27.7 Å². The molecular formula is C36H51N9O6. The van der Waals surface area contributed by atoms with Crippen LogP contribution in [0.1, 0.15) is 49.7 Å². The van der Waals surface area contributed by atoms with Gasteiger partial charge in [-0.05, 0) is 49.1 Å². The van der Waals surface area contributed by atoms with Gasteiger partial charge in [0.2, 0.25) is 23.6 Å². The van der Waals surface area contributed by atoms with Crippen molar-refractivity contribution in [3.05, 3.63) is 71.8 Å². The number of guanidine groups is 1. The monoisotopic (exact) mass is 705 g/mol. The number of amides is 4. The van der Waals surface area contributed by atoms with Gasteiger partial charge in [-0.25, -0.2) is 4.79 Å². The maximum Gasteiger partial charge on any atom is 0.327 e. The molecule has 0 aromatic heterocycles. The van der Waals surface area contributed by atoms with Crippen molar-refractivity contribution in [2.24, 2.45) is 33.8 Å². The van der Waals surface area contributed by atoms with E-state index in [2.05, 4.69) is 20.9 Å². The molecule has 2 aromatic carbocycles. The molecular weight excluding hydrogens is 654 g/mol. The van der Waals surface area contributed by atoms with Crippen molar-refractivity contribution in [3.63, 3.8) is 0 Å². The molecule has 1 aliphatic heterocycles. The van der Waals surface area contributed by atoms with Gasteiger partial charge in [0.15, 0.2) is 5.96 Å². The highest BCUT2D eigenvalue weighted by atomic mass is 16.5. The average Bonchev–Trinajstić information content (AvgIpc) is 3.85. The maximum absolute atomic E-state index is 13.9. The van der Waals surface area contributed by atoms with E-state index < -0.39 is 59.3 Å². The molecule has 15 nitrogen and oxygen atoms in total. The summed E-state index contributed by atoms with van der Waals surface area (Å²) in [6.07, 6.45) is 3.34. The second-order valence-electron chi connectivity index (χ2n) is 13.5. The summed E-state index contributed by atoms with van der Waals surface area (Å²) >= 11 is 0. The number of nitrogens with two attached hydrogens (primary N) is 4. The molecule has 0 radical (unpaired) electrons. The summed E-state index contributed by atoms with van der Waals surface area (Å²) in [4.78, 5) is 72.7. The fraction of sp³-hybridized carbons (Fsp3) is 0.500. The van der Waals surface area contributed by atoms with Crippen LogP contribution in [-0.4, -0.2) is 96.9 Å². The molecule has 11 N–H and O–H groups in total. The predicted molar refractivity (Wildman–Crippen MR) is 191 cm³/mol. The van der Waals surface area contributed by atoms with E-state index in [0.717, 1.165) is 24.0 Å². The van der Waals surface area contributed by atoms with Gasteiger partial charge < -0.3 is 48.5 Å². The van der Waals surface area contributed by atoms with Crippen LogP contribution in [0, 0.1) is 5.92 Å². The number of hydrogen-bond acceptors (Lipinski definition) is 9. The minimum Gasteiger partial charge on any atom is -0.468 e. The second-order valence-corrected chi connectivity index (χ2v) is 13.5. The predicted octanol–water partition coefficient (Wildman–Crippen LogP) is -0.790. The van der Waals surface area contributed by atoms with Crippen LogP contribution in [0.4, 0.5) is 0 Å². The standard InChI is InChI=1S/C36H51N9O6/c1-51-34(50)36(40)16-18-45(22-36)33(49)27(13-8-17-41-35(38)39)42-31(47)29(21-25-14-15-25)44-32(48)28(20-24-11-6-3-7-12-24)43-30(46)26(37)19-23-9-4-2-5-10-23/h2-7,9-12,25-29H,8,13-22,37,40H2,1H3,(H,42,47)(H,43,46)(H,44,48)(H4,38,39,41)/t26-,27-,28-,29-,36?/m1/s1. The molecule has 1 saturated heterocycles. The molecule has 1 aliphatic carbocycles. The molecule has 1 saturated carbocycles. The lowest BCUT2D eigenvalue weighted by Crippen LogP contribution is -2.59. The quantitative estimate of drug-likeness (QED) is 0.0441. The van der Waals surface area contributed by atoms with Gasteiger partial charge in [0.1, 0.15) is 23.7 Å². The summed E-state index contributed by atoms with van der Waals surface area (Å²) in [6, 6.07) is 14.6. The van der Waals surface area contributed by atoms with Gasteiger partial charge >= 0.3 is 5.97 Å². The lowest BCUT2D eigenvalue weighted by Gasteiger charge is -2.28. The first-order valence-electron chi connectivity index (χ1n) is 17.3. The van der Waals surface area contributed by atoms with Crippen LogP contribution in [0.25, 0.3) is 0 Å². The van der Waals surface area contributed by atoms with Crippen molar-refractivity contribution in [3.8, 4) is 0 Å². The molecule has 4 amide bonds. The molecule has 0 bridgehead atoms. The number of carbonyl (C=O) groups is 5. The summed E-state index contributed by atoms with van der Waals surface area (Å²) in [6.45, 7) is 0.342. The number of likely N-dealkylation sites (tertiary alicyclic amines) is 1. The van der Waals surface area contributed by atoms with E-state index in [9.17, 15) is 24.0 Å². The van der Waals surface area contributed by atoms with Crippen LogP contribution in [0.3, 0.4) is 0 Å². The van der Waals surface area contributed by atoms with E-state index in [1.165, 1.54) is 12.0 Å². The van der Waals surface area contributed by atoms with Gasteiger partial charge in [-0.15, -0.1) is 0 Å². The zero-order valence-electron chi connectivity index (χ0n) is 29.1. The molecule has 0 spiro atoms. The Balaban J connectivity index is 1.49. The molecule has 2 aliphatic rings. The van der Waals surface area contributed by atoms with Gasteiger partial charge in [0, 0.05) is 26.1 Å². The summed E-state index contributed by atoms with van der Waals surface area (Å²) in [5, 5.41) is 8.52. The third kappa shape index (κ3) is 11.8. The van der Waals surface area contributed by atoms with Gasteiger partial charge in [-0.2, -0.15) is 0 Å². The van der Waals surface area contributed by atoms with Crippen LogP contribution < -0.4 is 38.9 Å². The summed E-state index contributed by atoms with van der Waals surface area (Å²) in [5.41, 5.74) is 23.8. The molecule has 2 aromatic rings. The average molecular weight is 706 g/mol. The van der Waals surface area contributed by atoms with E-state index in [-0.39, 0.29) is 57.2 Å². The topological polar surface area (TPSA) is 250 Å². The van der Waals surface area contributed by atoms with Gasteiger partial charge in [-0.1, -0.05) is 73.5 Å². The fourth-order valence-corrected chi connectivity index (χ4v) is 6.13. The van der Waals surface area contributed by atoms with E-state index in [1.807, 2.05) is 60.7 Å². The maximum atomic E-state index is 13.9. The largest absolute Gasteiger partial charge is 0.468 e. The second kappa shape index (κ2) is 18.3. The van der Waals surface area contributed by atoms with Crippen LogP contribution in [0.15, 0.2) is 65.7 Å². The number of nitrogens with zero attached hydrogens (tertiary/aromatic N) is 2. The Hall–Kier alpha value is -5.02. The van der Waals surface area contributed by atoms with E-state index in [1.54, 1.807) is 0 Å². The molecule has 15 heteroatoms. The third-order valence-corrected chi connectivity index (χ3v) is 9.21. The smallest absolute Gasteiger partial charge is 0.327 e. The number of hydrogen-bond donors (Lipinski definition) is 7. The zero-order chi connectivity index (χ0) is 37.0. The molecule has 51 heavy (non-hydrogen) atoms. The third-order valence-electron chi connectivity index (χ3n) is 9.21. The van der Waals surface area contributed by atoms with Crippen molar-refractivity contribution in [2.45, 2.75) is 81.1 Å². The summed E-state index contributed by atoms with van der Waals surface area (Å²) in [5.74, 6) is -2.54. The first kappa shape index (κ1) is 38.8. The van der Waals surface area contributed by atoms with Crippen LogP contribution in [0.5, 0.6) is 0 Å².